The fraction of sp³-hybridized carbons (Fsp3) is 0.545. The standard InChI is InChI=1S/C22H30O3S/c1-3-4-5-6-7-11-14-22(2)20(16-21(24)26-22)25-17-19(23)15-18-12-9-8-10-13-18/h8-10,12-13,16H,3-7,11,14-15,17H2,1-2H3. The van der Waals surface area contributed by atoms with Gasteiger partial charge in [-0.3, -0.25) is 9.59 Å². The predicted molar refractivity (Wildman–Crippen MR) is 108 cm³/mol. The molecule has 0 amide bonds. The quantitative estimate of drug-likeness (QED) is 0.454. The van der Waals surface area contributed by atoms with Crippen LogP contribution in [0.15, 0.2) is 42.2 Å². The number of carbonyl (C=O) groups is 2. The molecule has 0 aliphatic carbocycles. The molecule has 0 N–H and O–H groups in total. The number of ether oxygens (including phenoxy) is 1. The summed E-state index contributed by atoms with van der Waals surface area (Å²) in [5.74, 6) is 0.700. The number of hydrogen-bond donors (Lipinski definition) is 0. The van der Waals surface area contributed by atoms with Crippen molar-refractivity contribution < 1.29 is 14.3 Å². The number of unbranched alkanes of at least 4 members (excludes halogenated alkanes) is 5. The maximum absolute atomic E-state index is 12.2. The second kappa shape index (κ2) is 10.6. The van der Waals surface area contributed by atoms with Gasteiger partial charge in [0.05, 0.1) is 4.75 Å². The zero-order valence-corrected chi connectivity index (χ0v) is 16.8. The first kappa shape index (κ1) is 20.8. The Balaban J connectivity index is 1.79. The molecule has 0 saturated heterocycles. The van der Waals surface area contributed by atoms with Gasteiger partial charge >= 0.3 is 0 Å². The van der Waals surface area contributed by atoms with E-state index in [2.05, 4.69) is 13.8 Å². The van der Waals surface area contributed by atoms with Gasteiger partial charge in [-0.05, 0) is 18.9 Å². The molecule has 1 aliphatic heterocycles. The number of benzene rings is 1. The Morgan fingerprint density at radius 2 is 1.77 bits per heavy atom. The minimum atomic E-state index is -0.325. The van der Waals surface area contributed by atoms with Crippen LogP contribution in [0.4, 0.5) is 0 Å². The van der Waals surface area contributed by atoms with Gasteiger partial charge in [-0.1, -0.05) is 87.5 Å². The molecule has 0 fully saturated rings. The summed E-state index contributed by atoms with van der Waals surface area (Å²) in [6, 6.07) is 9.67. The van der Waals surface area contributed by atoms with Crippen molar-refractivity contribution >= 4 is 22.7 Å². The number of carbonyl (C=O) groups excluding carboxylic acids is 2. The van der Waals surface area contributed by atoms with Crippen molar-refractivity contribution in [2.24, 2.45) is 0 Å². The van der Waals surface area contributed by atoms with Gasteiger partial charge in [0.2, 0.25) is 5.12 Å². The van der Waals surface area contributed by atoms with Crippen LogP contribution in [0.1, 0.15) is 64.4 Å². The summed E-state index contributed by atoms with van der Waals surface area (Å²) in [4.78, 5) is 24.1. The Kier molecular flexibility index (Phi) is 8.43. The van der Waals surface area contributed by atoms with Gasteiger partial charge in [-0.25, -0.2) is 0 Å². The minimum absolute atomic E-state index is 0.0284. The van der Waals surface area contributed by atoms with Crippen molar-refractivity contribution in [1.82, 2.24) is 0 Å². The van der Waals surface area contributed by atoms with E-state index in [1.165, 1.54) is 43.9 Å². The van der Waals surface area contributed by atoms with Crippen LogP contribution in [0.5, 0.6) is 0 Å². The predicted octanol–water partition coefficient (Wildman–Crippen LogP) is 5.48. The molecule has 4 heteroatoms. The molecule has 0 saturated carbocycles. The monoisotopic (exact) mass is 374 g/mol. The van der Waals surface area contributed by atoms with Gasteiger partial charge in [0.15, 0.2) is 5.78 Å². The Morgan fingerprint density at radius 3 is 2.50 bits per heavy atom. The molecule has 1 aromatic rings. The molecule has 3 nitrogen and oxygen atoms in total. The van der Waals surface area contributed by atoms with Crippen LogP contribution in [0.3, 0.4) is 0 Å². The van der Waals surface area contributed by atoms with E-state index in [1.807, 2.05) is 30.3 Å². The largest absolute Gasteiger partial charge is 0.489 e. The second-order valence-corrected chi connectivity index (χ2v) is 8.68. The highest BCUT2D eigenvalue weighted by Crippen LogP contribution is 2.44. The minimum Gasteiger partial charge on any atom is -0.489 e. The van der Waals surface area contributed by atoms with E-state index in [0.717, 1.165) is 18.4 Å². The van der Waals surface area contributed by atoms with E-state index in [0.29, 0.717) is 12.2 Å². The Morgan fingerprint density at radius 1 is 1.08 bits per heavy atom. The number of ketones is 1. The van der Waals surface area contributed by atoms with Gasteiger partial charge in [-0.2, -0.15) is 0 Å². The molecule has 0 aromatic heterocycles. The SMILES string of the molecule is CCCCCCCCC1(C)SC(=O)C=C1OCC(=O)Cc1ccccc1. The molecule has 1 aromatic carbocycles. The molecule has 142 valence electrons. The first-order valence-electron chi connectivity index (χ1n) is 9.67. The molecule has 1 heterocycles. The Labute approximate surface area is 161 Å². The van der Waals surface area contributed by atoms with Crippen molar-refractivity contribution in [3.8, 4) is 0 Å². The first-order valence-corrected chi connectivity index (χ1v) is 10.5. The summed E-state index contributed by atoms with van der Waals surface area (Å²) >= 11 is 1.33. The van der Waals surface area contributed by atoms with E-state index in [9.17, 15) is 9.59 Å². The zero-order valence-electron chi connectivity index (χ0n) is 16.0. The third-order valence-corrected chi connectivity index (χ3v) is 5.91. The first-order chi connectivity index (χ1) is 12.5. The van der Waals surface area contributed by atoms with E-state index >= 15 is 0 Å². The normalized spacial score (nSPS) is 19.5. The van der Waals surface area contributed by atoms with Crippen LogP contribution in [-0.4, -0.2) is 22.3 Å². The highest BCUT2D eigenvalue weighted by molar-refractivity contribution is 8.15. The molecule has 0 radical (unpaired) electrons. The molecule has 0 bridgehead atoms. The van der Waals surface area contributed by atoms with Crippen molar-refractivity contribution in [3.05, 3.63) is 47.7 Å². The van der Waals surface area contributed by atoms with E-state index in [1.54, 1.807) is 6.08 Å². The van der Waals surface area contributed by atoms with Gasteiger partial charge in [0.25, 0.3) is 0 Å². The Hall–Kier alpha value is -1.55. The molecule has 26 heavy (non-hydrogen) atoms. The smallest absolute Gasteiger partial charge is 0.216 e. The number of hydrogen-bond acceptors (Lipinski definition) is 4. The summed E-state index contributed by atoms with van der Waals surface area (Å²) in [5, 5.41) is 0.0315. The van der Waals surface area contributed by atoms with Gasteiger partial charge in [-0.15, -0.1) is 0 Å². The lowest BCUT2D eigenvalue weighted by Crippen LogP contribution is -2.24. The second-order valence-electron chi connectivity index (χ2n) is 7.17. The van der Waals surface area contributed by atoms with Crippen LogP contribution in [0, 0.1) is 0 Å². The summed E-state index contributed by atoms with van der Waals surface area (Å²) in [6.07, 6.45) is 10.2. The van der Waals surface area contributed by atoms with Crippen LogP contribution < -0.4 is 0 Å². The fourth-order valence-electron chi connectivity index (χ4n) is 3.21. The van der Waals surface area contributed by atoms with Crippen molar-refractivity contribution in [3.63, 3.8) is 0 Å². The molecule has 1 aliphatic rings. The third kappa shape index (κ3) is 6.64. The number of Topliss-reactive ketones (excluding diaryl/α,β-unsaturated/α-hetero) is 1. The molecule has 2 rings (SSSR count). The molecular weight excluding hydrogens is 344 g/mol. The molecule has 1 atom stereocenters. The van der Waals surface area contributed by atoms with Gasteiger partial charge in [0.1, 0.15) is 12.4 Å². The lowest BCUT2D eigenvalue weighted by atomic mass is 9.99. The summed E-state index contributed by atoms with van der Waals surface area (Å²) in [6.45, 7) is 4.30. The Bertz CT molecular complexity index is 624. The highest BCUT2D eigenvalue weighted by Gasteiger charge is 2.39. The molecule has 1 unspecified atom stereocenters. The third-order valence-electron chi connectivity index (χ3n) is 4.74. The van der Waals surface area contributed by atoms with E-state index in [4.69, 9.17) is 4.74 Å². The summed E-state index contributed by atoms with van der Waals surface area (Å²) < 4.78 is 5.46. The maximum atomic E-state index is 12.2. The van der Waals surface area contributed by atoms with Crippen molar-refractivity contribution in [2.45, 2.75) is 70.0 Å². The summed E-state index contributed by atoms with van der Waals surface area (Å²) in [7, 11) is 0. The van der Waals surface area contributed by atoms with Crippen LogP contribution >= 0.6 is 11.8 Å². The van der Waals surface area contributed by atoms with E-state index < -0.39 is 0 Å². The van der Waals surface area contributed by atoms with Gasteiger partial charge < -0.3 is 4.74 Å². The number of thioether (sulfide) groups is 1. The average Bonchev–Trinajstić information content (AvgIpc) is 2.91. The zero-order chi connectivity index (χ0) is 18.8. The lowest BCUT2D eigenvalue weighted by Gasteiger charge is -2.26. The lowest BCUT2D eigenvalue weighted by molar-refractivity contribution is -0.122. The van der Waals surface area contributed by atoms with Gasteiger partial charge in [0, 0.05) is 12.5 Å². The fourth-order valence-corrected chi connectivity index (χ4v) is 4.28. The topological polar surface area (TPSA) is 43.4 Å². The van der Waals surface area contributed by atoms with Crippen LogP contribution in [0.2, 0.25) is 0 Å². The maximum Gasteiger partial charge on any atom is 0.216 e. The number of rotatable bonds is 12. The average molecular weight is 375 g/mol. The van der Waals surface area contributed by atoms with Crippen LogP contribution in [0.25, 0.3) is 0 Å². The summed E-state index contributed by atoms with van der Waals surface area (Å²) in [5.41, 5.74) is 0.988. The highest BCUT2D eigenvalue weighted by atomic mass is 32.2. The van der Waals surface area contributed by atoms with E-state index in [-0.39, 0.29) is 22.3 Å². The van der Waals surface area contributed by atoms with Crippen molar-refractivity contribution in [1.29, 1.82) is 0 Å². The van der Waals surface area contributed by atoms with Crippen molar-refractivity contribution in [2.75, 3.05) is 6.61 Å². The molecule has 0 spiro atoms. The molecular formula is C22H30O3S. The van der Waals surface area contributed by atoms with Crippen LogP contribution in [-0.2, 0) is 20.7 Å².